The van der Waals surface area contributed by atoms with Gasteiger partial charge in [0.1, 0.15) is 6.04 Å². The Kier molecular flexibility index (Phi) is 7.00. The quantitative estimate of drug-likeness (QED) is 0.534. The number of fused-ring (bicyclic) bond motifs is 1. The number of carboxylic acid groups (broad SMARTS) is 1. The number of amides is 1. The van der Waals surface area contributed by atoms with Gasteiger partial charge in [0.15, 0.2) is 0 Å². The van der Waals surface area contributed by atoms with E-state index in [2.05, 4.69) is 16.0 Å². The highest BCUT2D eigenvalue weighted by molar-refractivity contribution is 6.35. The lowest BCUT2D eigenvalue weighted by molar-refractivity contribution is -0.138. The molecule has 6 nitrogen and oxygen atoms in total. The lowest BCUT2D eigenvalue weighted by Gasteiger charge is -2.32. The van der Waals surface area contributed by atoms with E-state index < -0.39 is 18.1 Å². The van der Waals surface area contributed by atoms with E-state index in [1.54, 1.807) is 12.1 Å². The average Bonchev–Trinajstić information content (AvgIpc) is 2.66. The van der Waals surface area contributed by atoms with Crippen LogP contribution in [-0.2, 0) is 22.4 Å². The number of nitrogens with one attached hydrogen (secondary N) is 3. The predicted molar refractivity (Wildman–Crippen MR) is 115 cm³/mol. The number of halogens is 2. The molecule has 1 aliphatic rings. The SMILES string of the molecule is CNCCc1ccc(CC(=O)NC2CC(C(=O)O)Nc3cc(Cl)cc(Cl)c32)cc1. The molecule has 0 bridgehead atoms. The van der Waals surface area contributed by atoms with E-state index in [1.807, 2.05) is 31.3 Å². The number of carbonyl (C=O) groups is 2. The highest BCUT2D eigenvalue weighted by Gasteiger charge is 2.33. The fourth-order valence-electron chi connectivity index (χ4n) is 3.48. The van der Waals surface area contributed by atoms with Crippen LogP contribution in [-0.4, -0.2) is 36.6 Å². The molecule has 3 rings (SSSR count). The van der Waals surface area contributed by atoms with Crippen molar-refractivity contribution in [2.45, 2.75) is 31.3 Å². The van der Waals surface area contributed by atoms with Crippen molar-refractivity contribution < 1.29 is 14.7 Å². The van der Waals surface area contributed by atoms with Crippen molar-refractivity contribution in [2.24, 2.45) is 0 Å². The van der Waals surface area contributed by atoms with Crippen molar-refractivity contribution in [1.29, 1.82) is 0 Å². The van der Waals surface area contributed by atoms with Crippen molar-refractivity contribution in [3.05, 3.63) is 63.1 Å². The van der Waals surface area contributed by atoms with Crippen LogP contribution in [0.3, 0.4) is 0 Å². The Bertz CT molecular complexity index is 903. The van der Waals surface area contributed by atoms with Gasteiger partial charge in [-0.3, -0.25) is 4.79 Å². The van der Waals surface area contributed by atoms with Gasteiger partial charge in [-0.2, -0.15) is 0 Å². The highest BCUT2D eigenvalue weighted by atomic mass is 35.5. The van der Waals surface area contributed by atoms with Gasteiger partial charge in [-0.15, -0.1) is 0 Å². The second-order valence-corrected chi connectivity index (χ2v) is 7.93. The van der Waals surface area contributed by atoms with Crippen molar-refractivity contribution in [3.63, 3.8) is 0 Å². The molecule has 1 aliphatic heterocycles. The predicted octanol–water partition coefficient (Wildman–Crippen LogP) is 3.42. The van der Waals surface area contributed by atoms with Crippen LogP contribution in [0.15, 0.2) is 36.4 Å². The maximum atomic E-state index is 12.6. The Hall–Kier alpha value is -2.28. The van der Waals surface area contributed by atoms with Crippen LogP contribution in [0.1, 0.15) is 29.2 Å². The van der Waals surface area contributed by atoms with Crippen LogP contribution in [0.2, 0.25) is 10.0 Å². The van der Waals surface area contributed by atoms with E-state index in [-0.39, 0.29) is 18.7 Å². The summed E-state index contributed by atoms with van der Waals surface area (Å²) in [6.07, 6.45) is 1.32. The molecule has 2 unspecified atom stereocenters. The number of benzene rings is 2. The number of hydrogen-bond donors (Lipinski definition) is 4. The number of rotatable bonds is 7. The normalized spacial score (nSPS) is 17.9. The zero-order valence-corrected chi connectivity index (χ0v) is 17.5. The Morgan fingerprint density at radius 3 is 2.52 bits per heavy atom. The van der Waals surface area contributed by atoms with E-state index in [4.69, 9.17) is 23.2 Å². The van der Waals surface area contributed by atoms with E-state index in [1.165, 1.54) is 5.56 Å². The molecular weight excluding hydrogens is 413 g/mol. The largest absolute Gasteiger partial charge is 0.480 e. The van der Waals surface area contributed by atoms with Crippen molar-refractivity contribution in [1.82, 2.24) is 10.6 Å². The molecular formula is C21H23Cl2N3O3. The first-order valence-electron chi connectivity index (χ1n) is 9.37. The summed E-state index contributed by atoms with van der Waals surface area (Å²) in [5, 5.41) is 19.2. The van der Waals surface area contributed by atoms with E-state index >= 15 is 0 Å². The zero-order chi connectivity index (χ0) is 21.0. The summed E-state index contributed by atoms with van der Waals surface area (Å²) >= 11 is 12.4. The van der Waals surface area contributed by atoms with Crippen LogP contribution in [0.5, 0.6) is 0 Å². The monoisotopic (exact) mass is 435 g/mol. The average molecular weight is 436 g/mol. The van der Waals surface area contributed by atoms with Crippen molar-refractivity contribution >= 4 is 40.8 Å². The number of carboxylic acids is 1. The summed E-state index contributed by atoms with van der Waals surface area (Å²) in [6.45, 7) is 0.893. The summed E-state index contributed by atoms with van der Waals surface area (Å²) in [5.41, 5.74) is 3.27. The third kappa shape index (κ3) is 5.41. The molecule has 1 heterocycles. The summed E-state index contributed by atoms with van der Waals surface area (Å²) in [5.74, 6) is -1.19. The fraction of sp³-hybridized carbons (Fsp3) is 0.333. The summed E-state index contributed by atoms with van der Waals surface area (Å²) in [7, 11) is 1.91. The molecule has 1 amide bonds. The lowest BCUT2D eigenvalue weighted by Crippen LogP contribution is -2.41. The molecule has 2 atom stereocenters. The molecule has 0 saturated carbocycles. The fourth-order valence-corrected chi connectivity index (χ4v) is 4.10. The maximum absolute atomic E-state index is 12.6. The standard InChI is InChI=1S/C21H23Cl2N3O3/c1-24-7-6-12-2-4-13(5-3-12)8-19(27)26-17-11-18(21(28)29)25-16-10-14(22)9-15(23)20(16)17/h2-5,9-10,17-18,24-25H,6-8,11H2,1H3,(H,26,27)(H,28,29). The third-order valence-electron chi connectivity index (χ3n) is 4.93. The first-order valence-corrected chi connectivity index (χ1v) is 10.1. The van der Waals surface area contributed by atoms with Gasteiger partial charge in [0.05, 0.1) is 12.5 Å². The minimum absolute atomic E-state index is 0.193. The van der Waals surface area contributed by atoms with Crippen LogP contribution < -0.4 is 16.0 Å². The topological polar surface area (TPSA) is 90.5 Å². The molecule has 0 saturated heterocycles. The van der Waals surface area contributed by atoms with Gasteiger partial charge in [0.25, 0.3) is 0 Å². The number of aliphatic carboxylic acids is 1. The molecule has 0 aliphatic carbocycles. The third-order valence-corrected chi connectivity index (χ3v) is 5.46. The molecule has 29 heavy (non-hydrogen) atoms. The van der Waals surface area contributed by atoms with Gasteiger partial charge >= 0.3 is 5.97 Å². The Balaban J connectivity index is 1.73. The first-order chi connectivity index (χ1) is 13.9. The summed E-state index contributed by atoms with van der Waals surface area (Å²) < 4.78 is 0. The van der Waals surface area contributed by atoms with Crippen LogP contribution in [0.4, 0.5) is 5.69 Å². The second kappa shape index (κ2) is 9.48. The van der Waals surface area contributed by atoms with Gasteiger partial charge < -0.3 is 21.1 Å². The van der Waals surface area contributed by atoms with Crippen molar-refractivity contribution in [2.75, 3.05) is 18.9 Å². The second-order valence-electron chi connectivity index (χ2n) is 7.09. The van der Waals surface area contributed by atoms with Crippen LogP contribution in [0.25, 0.3) is 0 Å². The number of hydrogen-bond acceptors (Lipinski definition) is 4. The number of likely N-dealkylation sites (N-methyl/N-ethyl adjacent to an activating group) is 1. The molecule has 2 aromatic rings. The molecule has 0 aromatic heterocycles. The molecule has 8 heteroatoms. The Labute approximate surface area is 179 Å². The molecule has 0 radical (unpaired) electrons. The minimum atomic E-state index is -0.997. The number of carbonyl (C=O) groups excluding carboxylic acids is 1. The van der Waals surface area contributed by atoms with Crippen LogP contribution in [0, 0.1) is 0 Å². The maximum Gasteiger partial charge on any atom is 0.326 e. The Morgan fingerprint density at radius 1 is 1.17 bits per heavy atom. The minimum Gasteiger partial charge on any atom is -0.480 e. The van der Waals surface area contributed by atoms with Gasteiger partial charge in [0, 0.05) is 27.7 Å². The molecule has 2 aromatic carbocycles. The number of anilines is 1. The van der Waals surface area contributed by atoms with Crippen LogP contribution >= 0.6 is 23.2 Å². The Morgan fingerprint density at radius 2 is 1.86 bits per heavy atom. The first kappa shape index (κ1) is 21.4. The van der Waals surface area contributed by atoms with E-state index in [9.17, 15) is 14.7 Å². The smallest absolute Gasteiger partial charge is 0.326 e. The van der Waals surface area contributed by atoms with Gasteiger partial charge in [-0.1, -0.05) is 47.5 Å². The molecule has 0 fully saturated rings. The lowest BCUT2D eigenvalue weighted by atomic mass is 9.92. The highest BCUT2D eigenvalue weighted by Crippen LogP contribution is 2.39. The van der Waals surface area contributed by atoms with Gasteiger partial charge in [-0.05, 0) is 43.3 Å². The van der Waals surface area contributed by atoms with E-state index in [0.29, 0.717) is 21.3 Å². The molecule has 4 N–H and O–H groups in total. The van der Waals surface area contributed by atoms with E-state index in [0.717, 1.165) is 18.5 Å². The van der Waals surface area contributed by atoms with Crippen molar-refractivity contribution in [3.8, 4) is 0 Å². The zero-order valence-electron chi connectivity index (χ0n) is 16.0. The molecule has 154 valence electrons. The molecule has 0 spiro atoms. The summed E-state index contributed by atoms with van der Waals surface area (Å²) in [4.78, 5) is 24.2. The van der Waals surface area contributed by atoms with Gasteiger partial charge in [0.2, 0.25) is 5.91 Å². The summed E-state index contributed by atoms with van der Waals surface area (Å²) in [6, 6.07) is 9.77. The van der Waals surface area contributed by atoms with Gasteiger partial charge in [-0.25, -0.2) is 4.79 Å².